The Kier molecular flexibility index (Phi) is 5.96. The Balaban J connectivity index is 2.36. The fourth-order valence-electron chi connectivity index (χ4n) is 1.25. The van der Waals surface area contributed by atoms with Gasteiger partial charge in [0.15, 0.2) is 0 Å². The van der Waals surface area contributed by atoms with Gasteiger partial charge in [0.25, 0.3) is 5.91 Å². The minimum Gasteiger partial charge on any atom is -0.382 e. The third-order valence-corrected chi connectivity index (χ3v) is 3.09. The number of amides is 1. The summed E-state index contributed by atoms with van der Waals surface area (Å²) >= 11 is 0. The summed E-state index contributed by atoms with van der Waals surface area (Å²) < 4.78 is 32.0. The van der Waals surface area contributed by atoms with Crippen LogP contribution < -0.4 is 10.5 Å². The Morgan fingerprint density at radius 3 is 2.74 bits per heavy atom. The molecular weight excluding hydrogens is 274 g/mol. The third kappa shape index (κ3) is 5.39. The van der Waals surface area contributed by atoms with E-state index in [0.29, 0.717) is 26.4 Å². The van der Waals surface area contributed by atoms with Gasteiger partial charge < -0.3 is 19.8 Å². The molecule has 0 spiro atoms. The van der Waals surface area contributed by atoms with E-state index < -0.39 is 15.9 Å². The SMILES string of the molecule is COCCOCCNC(=O)c1cc(S(N)(=O)=O)c[nH]1. The van der Waals surface area contributed by atoms with Crippen LogP contribution in [-0.2, 0) is 19.5 Å². The van der Waals surface area contributed by atoms with Crippen LogP contribution in [-0.4, -0.2) is 52.8 Å². The average molecular weight is 291 g/mol. The molecule has 1 heterocycles. The van der Waals surface area contributed by atoms with Gasteiger partial charge in [-0.2, -0.15) is 0 Å². The quantitative estimate of drug-likeness (QED) is 0.533. The van der Waals surface area contributed by atoms with Crippen molar-refractivity contribution < 1.29 is 22.7 Å². The molecule has 0 aliphatic heterocycles. The molecule has 0 unspecified atom stereocenters. The Labute approximate surface area is 111 Å². The summed E-state index contributed by atoms with van der Waals surface area (Å²) in [4.78, 5) is 14.0. The van der Waals surface area contributed by atoms with Crippen molar-refractivity contribution in [1.82, 2.24) is 10.3 Å². The van der Waals surface area contributed by atoms with Crippen LogP contribution >= 0.6 is 0 Å². The summed E-state index contributed by atoms with van der Waals surface area (Å²) in [6.07, 6.45) is 1.17. The predicted molar refractivity (Wildman–Crippen MR) is 67.2 cm³/mol. The molecule has 9 heteroatoms. The van der Waals surface area contributed by atoms with E-state index in [4.69, 9.17) is 14.6 Å². The van der Waals surface area contributed by atoms with Crippen molar-refractivity contribution in [3.8, 4) is 0 Å². The molecule has 0 radical (unpaired) electrons. The maximum Gasteiger partial charge on any atom is 0.267 e. The highest BCUT2D eigenvalue weighted by molar-refractivity contribution is 7.89. The van der Waals surface area contributed by atoms with E-state index in [1.165, 1.54) is 12.3 Å². The molecule has 0 bridgehead atoms. The number of sulfonamides is 1. The fraction of sp³-hybridized carbons (Fsp3) is 0.500. The summed E-state index contributed by atoms with van der Waals surface area (Å²) in [6, 6.07) is 1.18. The number of hydrogen-bond donors (Lipinski definition) is 3. The highest BCUT2D eigenvalue weighted by atomic mass is 32.2. The fourth-order valence-corrected chi connectivity index (χ4v) is 1.75. The van der Waals surface area contributed by atoms with Crippen LogP contribution in [0.25, 0.3) is 0 Å². The van der Waals surface area contributed by atoms with E-state index in [1.807, 2.05) is 0 Å². The van der Waals surface area contributed by atoms with Crippen molar-refractivity contribution >= 4 is 15.9 Å². The molecule has 0 aliphatic rings. The average Bonchev–Trinajstić information content (AvgIpc) is 2.82. The van der Waals surface area contributed by atoms with E-state index in [1.54, 1.807) is 7.11 Å². The normalized spacial score (nSPS) is 11.5. The van der Waals surface area contributed by atoms with Gasteiger partial charge in [0.2, 0.25) is 10.0 Å². The number of nitrogens with two attached hydrogens (primary N) is 1. The van der Waals surface area contributed by atoms with Crippen molar-refractivity contribution in [2.24, 2.45) is 5.14 Å². The van der Waals surface area contributed by atoms with Crippen molar-refractivity contribution in [2.45, 2.75) is 4.90 Å². The number of rotatable bonds is 8. The maximum absolute atomic E-state index is 11.6. The Hall–Kier alpha value is -1.42. The van der Waals surface area contributed by atoms with Crippen LogP contribution in [0.5, 0.6) is 0 Å². The molecule has 1 aromatic heterocycles. The van der Waals surface area contributed by atoms with Gasteiger partial charge in [-0.05, 0) is 6.07 Å². The molecule has 1 amide bonds. The summed E-state index contributed by atoms with van der Waals surface area (Å²) in [7, 11) is -2.23. The zero-order valence-electron chi connectivity index (χ0n) is 10.5. The van der Waals surface area contributed by atoms with Gasteiger partial charge in [-0.1, -0.05) is 0 Å². The zero-order chi connectivity index (χ0) is 14.3. The van der Waals surface area contributed by atoms with E-state index in [0.717, 1.165) is 0 Å². The third-order valence-electron chi connectivity index (χ3n) is 2.19. The highest BCUT2D eigenvalue weighted by Gasteiger charge is 2.14. The minimum atomic E-state index is -3.80. The van der Waals surface area contributed by atoms with Crippen LogP contribution in [0.4, 0.5) is 0 Å². The number of hydrogen-bond acceptors (Lipinski definition) is 5. The molecule has 0 aromatic carbocycles. The van der Waals surface area contributed by atoms with E-state index in [2.05, 4.69) is 10.3 Å². The number of carbonyl (C=O) groups is 1. The molecule has 1 aromatic rings. The van der Waals surface area contributed by atoms with Gasteiger partial charge in [0.1, 0.15) is 5.69 Å². The van der Waals surface area contributed by atoms with Gasteiger partial charge in [0, 0.05) is 19.9 Å². The second kappa shape index (κ2) is 7.24. The first kappa shape index (κ1) is 15.6. The van der Waals surface area contributed by atoms with Crippen LogP contribution in [0, 0.1) is 0 Å². The van der Waals surface area contributed by atoms with Crippen molar-refractivity contribution in [2.75, 3.05) is 33.5 Å². The number of ether oxygens (including phenoxy) is 2. The molecule has 1 rings (SSSR count). The van der Waals surface area contributed by atoms with Gasteiger partial charge in [0.05, 0.1) is 24.7 Å². The molecular formula is C10H17N3O5S. The molecule has 4 N–H and O–H groups in total. The first-order valence-corrected chi connectivity index (χ1v) is 7.06. The van der Waals surface area contributed by atoms with Crippen molar-refractivity contribution in [3.05, 3.63) is 18.0 Å². The van der Waals surface area contributed by atoms with Crippen LogP contribution in [0.15, 0.2) is 17.2 Å². The summed E-state index contributed by atoms with van der Waals surface area (Å²) in [5, 5.41) is 7.50. The number of primary sulfonamides is 1. The minimum absolute atomic E-state index is 0.126. The number of aromatic amines is 1. The lowest BCUT2D eigenvalue weighted by Gasteiger charge is -2.04. The lowest BCUT2D eigenvalue weighted by atomic mass is 10.4. The zero-order valence-corrected chi connectivity index (χ0v) is 11.3. The Morgan fingerprint density at radius 1 is 1.42 bits per heavy atom. The second-order valence-electron chi connectivity index (χ2n) is 3.66. The smallest absolute Gasteiger partial charge is 0.267 e. The van der Waals surface area contributed by atoms with Gasteiger partial charge in [-0.3, -0.25) is 4.79 Å². The first-order chi connectivity index (χ1) is 8.95. The largest absolute Gasteiger partial charge is 0.382 e. The number of carbonyl (C=O) groups excluding carboxylic acids is 1. The topological polar surface area (TPSA) is 124 Å². The van der Waals surface area contributed by atoms with Crippen molar-refractivity contribution in [3.63, 3.8) is 0 Å². The molecule has 108 valence electrons. The standard InChI is InChI=1S/C10H17N3O5S/c1-17-4-5-18-3-2-12-10(14)9-6-8(7-13-9)19(11,15)16/h6-7,13H,2-5H2,1H3,(H,12,14)(H2,11,15,16). The monoisotopic (exact) mass is 291 g/mol. The van der Waals surface area contributed by atoms with Crippen molar-refractivity contribution in [1.29, 1.82) is 0 Å². The van der Waals surface area contributed by atoms with Crippen LogP contribution in [0.3, 0.4) is 0 Å². The summed E-state index contributed by atoms with van der Waals surface area (Å²) in [5.41, 5.74) is 0.126. The van der Waals surface area contributed by atoms with Gasteiger partial charge >= 0.3 is 0 Å². The highest BCUT2D eigenvalue weighted by Crippen LogP contribution is 2.08. The molecule has 0 saturated heterocycles. The van der Waals surface area contributed by atoms with E-state index in [9.17, 15) is 13.2 Å². The van der Waals surface area contributed by atoms with Crippen LogP contribution in [0.1, 0.15) is 10.5 Å². The predicted octanol–water partition coefficient (Wildman–Crippen LogP) is -0.945. The summed E-state index contributed by atoms with van der Waals surface area (Å²) in [6.45, 7) is 1.59. The molecule has 0 saturated carbocycles. The lowest BCUT2D eigenvalue weighted by molar-refractivity contribution is 0.0692. The van der Waals surface area contributed by atoms with Crippen LogP contribution in [0.2, 0.25) is 0 Å². The Morgan fingerprint density at radius 2 is 2.16 bits per heavy atom. The molecule has 0 aliphatic carbocycles. The molecule has 0 fully saturated rings. The number of methoxy groups -OCH3 is 1. The second-order valence-corrected chi connectivity index (χ2v) is 5.22. The van der Waals surface area contributed by atoms with E-state index >= 15 is 0 Å². The number of nitrogens with one attached hydrogen (secondary N) is 2. The first-order valence-electron chi connectivity index (χ1n) is 5.51. The van der Waals surface area contributed by atoms with Gasteiger partial charge in [-0.25, -0.2) is 13.6 Å². The molecule has 19 heavy (non-hydrogen) atoms. The lowest BCUT2D eigenvalue weighted by Crippen LogP contribution is -2.27. The Bertz CT molecular complexity index is 511. The van der Waals surface area contributed by atoms with E-state index in [-0.39, 0.29) is 10.6 Å². The van der Waals surface area contributed by atoms with Gasteiger partial charge in [-0.15, -0.1) is 0 Å². The summed E-state index contributed by atoms with van der Waals surface area (Å²) in [5.74, 6) is -0.426. The number of H-pyrrole nitrogens is 1. The number of aromatic nitrogens is 1. The molecule has 8 nitrogen and oxygen atoms in total. The molecule has 0 atom stereocenters. The maximum atomic E-state index is 11.6.